The summed E-state index contributed by atoms with van der Waals surface area (Å²) in [6, 6.07) is 13.0. The number of anilines is 1. The number of aryl methyl sites for hydroxylation is 1. The molecule has 1 N–H and O–H groups in total. The Morgan fingerprint density at radius 2 is 1.79 bits per heavy atom. The summed E-state index contributed by atoms with van der Waals surface area (Å²) >= 11 is 0. The summed E-state index contributed by atoms with van der Waals surface area (Å²) in [6.45, 7) is 7.46. The van der Waals surface area contributed by atoms with Gasteiger partial charge in [-0.1, -0.05) is 31.2 Å². The van der Waals surface area contributed by atoms with E-state index in [2.05, 4.69) is 5.32 Å². The number of hydrogen-bond acceptors (Lipinski definition) is 3. The lowest BCUT2D eigenvalue weighted by atomic mass is 10.1. The Morgan fingerprint density at radius 3 is 2.50 bits per heavy atom. The fraction of sp³-hybridized carbons (Fsp3) is 0.391. The monoisotopic (exact) mass is 380 g/mol. The second-order valence-electron chi connectivity index (χ2n) is 7.25. The molecule has 28 heavy (non-hydrogen) atoms. The highest BCUT2D eigenvalue weighted by molar-refractivity contribution is 6.04. The van der Waals surface area contributed by atoms with Crippen molar-refractivity contribution in [3.63, 3.8) is 0 Å². The molecule has 2 aromatic rings. The third-order valence-corrected chi connectivity index (χ3v) is 5.30. The van der Waals surface area contributed by atoms with Crippen LogP contribution < -0.4 is 10.1 Å². The van der Waals surface area contributed by atoms with E-state index < -0.39 is 6.10 Å². The number of benzene rings is 2. The van der Waals surface area contributed by atoms with Gasteiger partial charge in [0.15, 0.2) is 6.10 Å². The molecule has 1 fully saturated rings. The molecule has 1 unspecified atom stereocenters. The summed E-state index contributed by atoms with van der Waals surface area (Å²) in [5.41, 5.74) is 3.21. The third-order valence-electron chi connectivity index (χ3n) is 5.30. The van der Waals surface area contributed by atoms with Gasteiger partial charge in [-0.15, -0.1) is 0 Å². The van der Waals surface area contributed by atoms with Gasteiger partial charge in [-0.3, -0.25) is 9.59 Å². The van der Waals surface area contributed by atoms with Crippen molar-refractivity contribution in [3.05, 3.63) is 59.2 Å². The van der Waals surface area contributed by atoms with Crippen molar-refractivity contribution in [1.29, 1.82) is 0 Å². The minimum Gasteiger partial charge on any atom is -0.480 e. The summed E-state index contributed by atoms with van der Waals surface area (Å²) in [5, 5.41) is 2.91. The summed E-state index contributed by atoms with van der Waals surface area (Å²) in [7, 11) is 0. The van der Waals surface area contributed by atoms with Crippen molar-refractivity contribution < 1.29 is 14.3 Å². The summed E-state index contributed by atoms with van der Waals surface area (Å²) in [6.07, 6.45) is 1.96. The molecule has 0 bridgehead atoms. The van der Waals surface area contributed by atoms with Crippen LogP contribution in [0.4, 0.5) is 5.69 Å². The molecule has 0 radical (unpaired) electrons. The molecule has 0 saturated carbocycles. The van der Waals surface area contributed by atoms with Gasteiger partial charge in [-0.25, -0.2) is 0 Å². The maximum atomic E-state index is 12.9. The number of likely N-dealkylation sites (tertiary alicyclic amines) is 1. The first kappa shape index (κ1) is 19.9. The molecule has 1 aliphatic rings. The Hall–Kier alpha value is -2.82. The highest BCUT2D eigenvalue weighted by Crippen LogP contribution is 2.24. The Morgan fingerprint density at radius 1 is 1.07 bits per heavy atom. The first-order valence-electron chi connectivity index (χ1n) is 9.93. The molecular formula is C23H28N2O3. The molecule has 1 aliphatic heterocycles. The van der Waals surface area contributed by atoms with Crippen molar-refractivity contribution in [2.45, 2.75) is 46.1 Å². The van der Waals surface area contributed by atoms with E-state index in [4.69, 9.17) is 4.74 Å². The van der Waals surface area contributed by atoms with Crippen LogP contribution in [0.2, 0.25) is 0 Å². The van der Waals surface area contributed by atoms with E-state index in [1.54, 1.807) is 12.1 Å². The van der Waals surface area contributed by atoms with Gasteiger partial charge in [0.1, 0.15) is 5.75 Å². The number of carbonyl (C=O) groups is 2. The van der Waals surface area contributed by atoms with Crippen molar-refractivity contribution in [3.8, 4) is 5.75 Å². The minimum atomic E-state index is -0.629. The highest BCUT2D eigenvalue weighted by atomic mass is 16.5. The fourth-order valence-corrected chi connectivity index (χ4v) is 3.41. The molecule has 2 amide bonds. The van der Waals surface area contributed by atoms with E-state index >= 15 is 0 Å². The van der Waals surface area contributed by atoms with E-state index in [0.717, 1.165) is 37.1 Å². The van der Waals surface area contributed by atoms with Gasteiger partial charge in [-0.05, 0) is 62.4 Å². The van der Waals surface area contributed by atoms with E-state index in [9.17, 15) is 9.59 Å². The topological polar surface area (TPSA) is 58.6 Å². The molecule has 5 heteroatoms. The maximum absolute atomic E-state index is 12.9. The zero-order valence-electron chi connectivity index (χ0n) is 16.8. The van der Waals surface area contributed by atoms with Gasteiger partial charge in [0.05, 0.1) is 11.3 Å². The minimum absolute atomic E-state index is 0.0307. The molecular weight excluding hydrogens is 352 g/mol. The largest absolute Gasteiger partial charge is 0.480 e. The fourth-order valence-electron chi connectivity index (χ4n) is 3.41. The Labute approximate surface area is 166 Å². The highest BCUT2D eigenvalue weighted by Gasteiger charge is 2.25. The first-order valence-corrected chi connectivity index (χ1v) is 9.93. The molecule has 0 aromatic heterocycles. The van der Waals surface area contributed by atoms with Crippen LogP contribution in [0, 0.1) is 13.8 Å². The number of nitrogens with one attached hydrogen (secondary N) is 1. The quantitative estimate of drug-likeness (QED) is 0.811. The van der Waals surface area contributed by atoms with Gasteiger partial charge in [0.25, 0.3) is 11.8 Å². The lowest BCUT2D eigenvalue weighted by Gasteiger charge is -2.21. The van der Waals surface area contributed by atoms with Gasteiger partial charge >= 0.3 is 0 Å². The Kier molecular flexibility index (Phi) is 6.34. The molecule has 1 heterocycles. The van der Waals surface area contributed by atoms with E-state index in [-0.39, 0.29) is 11.8 Å². The molecule has 1 saturated heterocycles. The van der Waals surface area contributed by atoms with Crippen molar-refractivity contribution in [1.82, 2.24) is 4.90 Å². The molecule has 2 aromatic carbocycles. The SMILES string of the molecule is CCC(Oc1cccc(C)c1C)C(=O)Nc1ccccc1C(=O)N1CCCC1. The van der Waals surface area contributed by atoms with Gasteiger partial charge in [0.2, 0.25) is 0 Å². The standard InChI is InChI=1S/C23H28N2O3/c1-4-20(28-21-13-9-10-16(2)17(21)3)22(26)24-19-12-6-5-11-18(19)23(27)25-14-7-8-15-25/h5-6,9-13,20H,4,7-8,14-15H2,1-3H3,(H,24,26). The summed E-state index contributed by atoms with van der Waals surface area (Å²) < 4.78 is 6.00. The smallest absolute Gasteiger partial charge is 0.265 e. The zero-order chi connectivity index (χ0) is 20.1. The van der Waals surface area contributed by atoms with Gasteiger partial charge in [0, 0.05) is 13.1 Å². The third kappa shape index (κ3) is 4.35. The zero-order valence-corrected chi connectivity index (χ0v) is 16.8. The molecule has 0 aliphatic carbocycles. The summed E-state index contributed by atoms with van der Waals surface area (Å²) in [5.74, 6) is 0.436. The Balaban J connectivity index is 1.76. The molecule has 5 nitrogen and oxygen atoms in total. The van der Waals surface area contributed by atoms with Crippen LogP contribution in [0.1, 0.15) is 47.7 Å². The van der Waals surface area contributed by atoms with Crippen LogP contribution in [0.5, 0.6) is 5.75 Å². The van der Waals surface area contributed by atoms with Crippen LogP contribution in [0.15, 0.2) is 42.5 Å². The van der Waals surface area contributed by atoms with Crippen LogP contribution in [0.3, 0.4) is 0 Å². The number of para-hydroxylation sites is 1. The normalized spacial score (nSPS) is 14.6. The average Bonchev–Trinajstić information content (AvgIpc) is 3.24. The molecule has 1 atom stereocenters. The second-order valence-corrected chi connectivity index (χ2v) is 7.25. The van der Waals surface area contributed by atoms with Gasteiger partial charge < -0.3 is 15.0 Å². The lowest BCUT2D eigenvalue weighted by Crippen LogP contribution is -2.34. The van der Waals surface area contributed by atoms with E-state index in [1.807, 2.05) is 56.0 Å². The number of amides is 2. The maximum Gasteiger partial charge on any atom is 0.265 e. The van der Waals surface area contributed by atoms with Gasteiger partial charge in [-0.2, -0.15) is 0 Å². The number of carbonyl (C=O) groups excluding carboxylic acids is 2. The predicted octanol–water partition coefficient (Wildman–Crippen LogP) is 4.34. The van der Waals surface area contributed by atoms with E-state index in [0.29, 0.717) is 23.4 Å². The molecule has 0 spiro atoms. The molecule has 148 valence electrons. The summed E-state index contributed by atoms with van der Waals surface area (Å²) in [4.78, 5) is 27.5. The van der Waals surface area contributed by atoms with Crippen LogP contribution >= 0.6 is 0 Å². The molecule has 3 rings (SSSR count). The average molecular weight is 380 g/mol. The van der Waals surface area contributed by atoms with Crippen molar-refractivity contribution in [2.24, 2.45) is 0 Å². The Bertz CT molecular complexity index is 857. The van der Waals surface area contributed by atoms with Crippen LogP contribution in [-0.4, -0.2) is 35.9 Å². The lowest BCUT2D eigenvalue weighted by molar-refractivity contribution is -0.122. The van der Waals surface area contributed by atoms with E-state index in [1.165, 1.54) is 0 Å². The number of nitrogens with zero attached hydrogens (tertiary/aromatic N) is 1. The second kappa shape index (κ2) is 8.91. The van der Waals surface area contributed by atoms with Crippen molar-refractivity contribution >= 4 is 17.5 Å². The van der Waals surface area contributed by atoms with Crippen LogP contribution in [-0.2, 0) is 4.79 Å². The number of rotatable bonds is 6. The number of ether oxygens (including phenoxy) is 1. The number of hydrogen-bond donors (Lipinski definition) is 1. The van der Waals surface area contributed by atoms with Crippen molar-refractivity contribution in [2.75, 3.05) is 18.4 Å². The predicted molar refractivity (Wildman–Crippen MR) is 111 cm³/mol. The van der Waals surface area contributed by atoms with Crippen LogP contribution in [0.25, 0.3) is 0 Å². The first-order chi connectivity index (χ1) is 13.5.